The molecule has 0 spiro atoms. The summed E-state index contributed by atoms with van der Waals surface area (Å²) in [7, 11) is 0. The van der Waals surface area contributed by atoms with Crippen LogP contribution in [-0.4, -0.2) is 20.4 Å². The van der Waals surface area contributed by atoms with E-state index in [0.717, 1.165) is 22.3 Å². The minimum absolute atomic E-state index is 0.0855. The number of hydrogen-bond acceptors (Lipinski definition) is 3. The Bertz CT molecular complexity index is 1000. The summed E-state index contributed by atoms with van der Waals surface area (Å²) in [5, 5.41) is 3.15. The highest BCUT2D eigenvalue weighted by molar-refractivity contribution is 5.84. The number of amides is 1. The Morgan fingerprint density at radius 1 is 0.926 bits per heavy atom. The first-order chi connectivity index (χ1) is 13.2. The number of rotatable bonds is 5. The lowest BCUT2D eigenvalue weighted by Crippen LogP contribution is -2.35. The van der Waals surface area contributed by atoms with Crippen molar-refractivity contribution in [3.63, 3.8) is 0 Å². The maximum absolute atomic E-state index is 13.1. The highest BCUT2D eigenvalue weighted by Crippen LogP contribution is 2.22. The fraction of sp³-hybridized carbons (Fsp3) is 0.136. The van der Waals surface area contributed by atoms with Crippen LogP contribution in [0.3, 0.4) is 0 Å². The molecule has 5 nitrogen and oxygen atoms in total. The molecule has 4 rings (SSSR count). The number of fused-ring (bicyclic) bond motifs is 1. The minimum Gasteiger partial charge on any atom is -0.342 e. The predicted molar refractivity (Wildman–Crippen MR) is 105 cm³/mol. The maximum Gasteiger partial charge on any atom is 0.243 e. The van der Waals surface area contributed by atoms with Gasteiger partial charge >= 0.3 is 0 Å². The number of nitrogens with one attached hydrogen (secondary N) is 1. The van der Waals surface area contributed by atoms with Crippen molar-refractivity contribution in [2.75, 3.05) is 0 Å². The van der Waals surface area contributed by atoms with Gasteiger partial charge < -0.3 is 9.88 Å². The van der Waals surface area contributed by atoms with Gasteiger partial charge in [0, 0.05) is 6.20 Å². The Morgan fingerprint density at radius 3 is 2.44 bits per heavy atom. The lowest BCUT2D eigenvalue weighted by Gasteiger charge is -2.22. The Kier molecular flexibility index (Phi) is 4.66. The summed E-state index contributed by atoms with van der Waals surface area (Å²) in [6.45, 7) is 1.88. The van der Waals surface area contributed by atoms with Crippen LogP contribution >= 0.6 is 0 Å². The SMILES string of the molecule is C[C@@H](C(=O)N[C@@H](c1ccccc1)c1ccccn1)n1cnc2ccccc21. The number of hydrogen-bond donors (Lipinski definition) is 1. The molecule has 1 amide bonds. The first-order valence-electron chi connectivity index (χ1n) is 8.92. The highest BCUT2D eigenvalue weighted by atomic mass is 16.2. The zero-order valence-electron chi connectivity index (χ0n) is 15.0. The molecule has 134 valence electrons. The molecule has 5 heteroatoms. The molecular weight excluding hydrogens is 336 g/mol. The van der Waals surface area contributed by atoms with Crippen molar-refractivity contribution < 1.29 is 4.79 Å². The first-order valence-corrected chi connectivity index (χ1v) is 8.92. The minimum atomic E-state index is -0.396. The van der Waals surface area contributed by atoms with Crippen LogP contribution < -0.4 is 5.32 Å². The summed E-state index contributed by atoms with van der Waals surface area (Å²) in [5.74, 6) is -0.0855. The van der Waals surface area contributed by atoms with Gasteiger partial charge in [0.05, 0.1) is 29.1 Å². The van der Waals surface area contributed by atoms with Crippen LogP contribution in [-0.2, 0) is 4.79 Å². The Morgan fingerprint density at radius 2 is 1.67 bits per heavy atom. The van der Waals surface area contributed by atoms with Crippen LogP contribution in [0.15, 0.2) is 85.3 Å². The van der Waals surface area contributed by atoms with Gasteiger partial charge in [-0.2, -0.15) is 0 Å². The summed E-state index contributed by atoms with van der Waals surface area (Å²) in [5.41, 5.74) is 3.61. The molecule has 0 aliphatic rings. The highest BCUT2D eigenvalue weighted by Gasteiger charge is 2.23. The molecule has 0 saturated carbocycles. The molecule has 4 aromatic rings. The predicted octanol–water partition coefficient (Wildman–Crippen LogP) is 3.90. The molecular formula is C22H20N4O. The van der Waals surface area contributed by atoms with E-state index in [0.29, 0.717) is 0 Å². The van der Waals surface area contributed by atoms with Gasteiger partial charge in [0.15, 0.2) is 0 Å². The van der Waals surface area contributed by atoms with Gasteiger partial charge in [-0.05, 0) is 36.8 Å². The van der Waals surface area contributed by atoms with Crippen molar-refractivity contribution in [2.45, 2.75) is 19.0 Å². The molecule has 0 fully saturated rings. The van der Waals surface area contributed by atoms with E-state index in [2.05, 4.69) is 15.3 Å². The molecule has 0 bridgehead atoms. The third-order valence-corrected chi connectivity index (χ3v) is 4.68. The van der Waals surface area contributed by atoms with Crippen LogP contribution in [0, 0.1) is 0 Å². The van der Waals surface area contributed by atoms with Gasteiger partial charge in [-0.25, -0.2) is 4.98 Å². The average molecular weight is 356 g/mol. The van der Waals surface area contributed by atoms with E-state index >= 15 is 0 Å². The summed E-state index contributed by atoms with van der Waals surface area (Å²) in [6.07, 6.45) is 3.46. The number of imidazole rings is 1. The number of pyridine rings is 1. The zero-order valence-corrected chi connectivity index (χ0v) is 15.0. The standard InChI is InChI=1S/C22H20N4O/c1-16(26-15-24-18-11-5-6-13-20(18)26)22(27)25-21(17-9-3-2-4-10-17)19-12-7-8-14-23-19/h2-16,21H,1H3,(H,25,27)/t16-,21-/m0/s1. The van der Waals surface area contributed by atoms with Gasteiger partial charge in [-0.3, -0.25) is 9.78 Å². The lowest BCUT2D eigenvalue weighted by molar-refractivity contribution is -0.124. The van der Waals surface area contributed by atoms with Crippen LogP contribution in [0.25, 0.3) is 11.0 Å². The molecule has 2 atom stereocenters. The molecule has 0 aliphatic carbocycles. The van der Waals surface area contributed by atoms with E-state index in [-0.39, 0.29) is 11.9 Å². The molecule has 0 unspecified atom stereocenters. The summed E-state index contributed by atoms with van der Waals surface area (Å²) in [4.78, 5) is 21.9. The molecule has 1 N–H and O–H groups in total. The quantitative estimate of drug-likeness (QED) is 0.590. The molecule has 2 heterocycles. The average Bonchev–Trinajstić information content (AvgIpc) is 3.16. The van der Waals surface area contributed by atoms with E-state index < -0.39 is 6.04 Å². The second-order valence-corrected chi connectivity index (χ2v) is 6.42. The lowest BCUT2D eigenvalue weighted by atomic mass is 10.0. The van der Waals surface area contributed by atoms with Crippen LogP contribution in [0.2, 0.25) is 0 Å². The summed E-state index contributed by atoms with van der Waals surface area (Å²) in [6, 6.07) is 22.7. The number of carbonyl (C=O) groups is 1. The summed E-state index contributed by atoms with van der Waals surface area (Å²) < 4.78 is 1.89. The van der Waals surface area contributed by atoms with Gasteiger partial charge in [-0.15, -0.1) is 0 Å². The Hall–Kier alpha value is -3.47. The van der Waals surface area contributed by atoms with Crippen molar-refractivity contribution in [3.05, 3.63) is 96.6 Å². The van der Waals surface area contributed by atoms with E-state index in [1.54, 1.807) is 12.5 Å². The second kappa shape index (κ2) is 7.41. The summed E-state index contributed by atoms with van der Waals surface area (Å²) >= 11 is 0. The van der Waals surface area contributed by atoms with E-state index in [9.17, 15) is 4.79 Å². The molecule has 27 heavy (non-hydrogen) atoms. The van der Waals surface area contributed by atoms with Crippen molar-refractivity contribution in [2.24, 2.45) is 0 Å². The number of aromatic nitrogens is 3. The molecule has 0 saturated heterocycles. The third-order valence-electron chi connectivity index (χ3n) is 4.68. The third kappa shape index (κ3) is 3.44. The fourth-order valence-electron chi connectivity index (χ4n) is 3.20. The van der Waals surface area contributed by atoms with Crippen molar-refractivity contribution in [3.8, 4) is 0 Å². The Labute approximate surface area is 157 Å². The maximum atomic E-state index is 13.1. The van der Waals surface area contributed by atoms with Crippen molar-refractivity contribution in [1.82, 2.24) is 19.9 Å². The molecule has 2 aromatic carbocycles. The van der Waals surface area contributed by atoms with Crippen LogP contribution in [0.1, 0.15) is 30.3 Å². The normalized spacial score (nSPS) is 13.2. The Balaban J connectivity index is 1.64. The van der Waals surface area contributed by atoms with E-state index in [4.69, 9.17) is 0 Å². The molecule has 2 aromatic heterocycles. The fourth-order valence-corrected chi connectivity index (χ4v) is 3.20. The van der Waals surface area contributed by atoms with E-state index in [1.807, 2.05) is 84.3 Å². The second-order valence-electron chi connectivity index (χ2n) is 6.42. The number of benzene rings is 2. The number of carbonyl (C=O) groups excluding carboxylic acids is 1. The first kappa shape index (κ1) is 17.0. The zero-order chi connectivity index (χ0) is 18.6. The largest absolute Gasteiger partial charge is 0.342 e. The monoisotopic (exact) mass is 356 g/mol. The number of para-hydroxylation sites is 2. The van der Waals surface area contributed by atoms with Gasteiger partial charge in [0.25, 0.3) is 0 Å². The van der Waals surface area contributed by atoms with Crippen LogP contribution in [0.4, 0.5) is 0 Å². The van der Waals surface area contributed by atoms with Crippen molar-refractivity contribution in [1.29, 1.82) is 0 Å². The smallest absolute Gasteiger partial charge is 0.243 e. The van der Waals surface area contributed by atoms with Crippen molar-refractivity contribution >= 4 is 16.9 Å². The number of nitrogens with zero attached hydrogens (tertiary/aromatic N) is 3. The topological polar surface area (TPSA) is 59.8 Å². The van der Waals surface area contributed by atoms with E-state index in [1.165, 1.54) is 0 Å². The van der Waals surface area contributed by atoms with Gasteiger partial charge in [0.2, 0.25) is 5.91 Å². The molecule has 0 aliphatic heterocycles. The van der Waals surface area contributed by atoms with Crippen LogP contribution in [0.5, 0.6) is 0 Å². The van der Waals surface area contributed by atoms with Gasteiger partial charge in [0.1, 0.15) is 6.04 Å². The molecule has 0 radical (unpaired) electrons. The van der Waals surface area contributed by atoms with Gasteiger partial charge in [-0.1, -0.05) is 48.5 Å².